The molecule has 0 bridgehead atoms. The van der Waals surface area contributed by atoms with Crippen molar-refractivity contribution in [3.63, 3.8) is 0 Å². The molecule has 6 heteroatoms. The van der Waals surface area contributed by atoms with Gasteiger partial charge in [0.05, 0.1) is 13.2 Å². The van der Waals surface area contributed by atoms with Crippen molar-refractivity contribution in [3.05, 3.63) is 57.9 Å². The van der Waals surface area contributed by atoms with E-state index in [-0.39, 0.29) is 24.8 Å². The zero-order valence-corrected chi connectivity index (χ0v) is 21.3. The van der Waals surface area contributed by atoms with E-state index in [2.05, 4.69) is 0 Å². The Bertz CT molecular complexity index is 1030. The molecule has 184 valence electrons. The number of hydrogen-bond acceptors (Lipinski definition) is 4. The smallest absolute Gasteiger partial charge is 0.355 e. The number of ether oxygens (including phenoxy) is 1. The first-order valence-corrected chi connectivity index (χ1v) is 12.5. The minimum atomic E-state index is -0.418. The van der Waals surface area contributed by atoms with Gasteiger partial charge >= 0.3 is 5.97 Å². The number of hydrogen-bond donors (Lipinski definition) is 0. The van der Waals surface area contributed by atoms with Gasteiger partial charge in [-0.25, -0.2) is 4.79 Å². The number of carbonyl (C=O) groups excluding carboxylic acids is 3. The summed E-state index contributed by atoms with van der Waals surface area (Å²) in [7, 11) is 0. The molecule has 0 unspecified atom stereocenters. The lowest BCUT2D eigenvalue weighted by atomic mass is 9.88. The molecule has 1 aliphatic rings. The van der Waals surface area contributed by atoms with Gasteiger partial charge in [0, 0.05) is 29.9 Å². The molecule has 1 saturated carbocycles. The van der Waals surface area contributed by atoms with E-state index in [0.29, 0.717) is 41.4 Å². The highest BCUT2D eigenvalue weighted by Gasteiger charge is 2.30. The van der Waals surface area contributed by atoms with Gasteiger partial charge in [0.1, 0.15) is 5.69 Å². The van der Waals surface area contributed by atoms with Crippen molar-refractivity contribution < 1.29 is 19.1 Å². The van der Waals surface area contributed by atoms with Gasteiger partial charge in [-0.1, -0.05) is 37.0 Å². The predicted octanol–water partition coefficient (Wildman–Crippen LogP) is 5.52. The van der Waals surface area contributed by atoms with Crippen molar-refractivity contribution in [2.45, 2.75) is 73.3 Å². The monoisotopic (exact) mass is 466 g/mol. The van der Waals surface area contributed by atoms with Crippen molar-refractivity contribution in [2.24, 2.45) is 5.92 Å². The molecule has 2 aromatic rings. The van der Waals surface area contributed by atoms with Crippen LogP contribution in [0.2, 0.25) is 0 Å². The molecule has 0 saturated heterocycles. The lowest BCUT2D eigenvalue weighted by molar-refractivity contribution is 0.0512. The summed E-state index contributed by atoms with van der Waals surface area (Å²) in [5.74, 6) is -0.258. The largest absolute Gasteiger partial charge is 0.461 e. The molecule has 0 spiro atoms. The second-order valence-corrected chi connectivity index (χ2v) is 9.38. The molecule has 1 aliphatic carbocycles. The number of Topliss-reactive ketones (excluding diaryl/α,β-unsaturated/α-hetero) is 1. The maximum Gasteiger partial charge on any atom is 0.355 e. The zero-order chi connectivity index (χ0) is 24.8. The number of ketones is 1. The van der Waals surface area contributed by atoms with Gasteiger partial charge in [-0.3, -0.25) is 9.59 Å². The van der Waals surface area contributed by atoms with E-state index in [1.165, 1.54) is 19.3 Å². The van der Waals surface area contributed by atoms with E-state index in [1.807, 2.05) is 49.6 Å². The number of esters is 1. The molecule has 34 heavy (non-hydrogen) atoms. The molecular formula is C28H38N2O4. The molecule has 0 aliphatic heterocycles. The van der Waals surface area contributed by atoms with Gasteiger partial charge in [0.2, 0.25) is 0 Å². The van der Waals surface area contributed by atoms with E-state index in [1.54, 1.807) is 18.7 Å². The summed E-state index contributed by atoms with van der Waals surface area (Å²) in [6.07, 6.45) is 5.75. The molecule has 1 aromatic heterocycles. The first kappa shape index (κ1) is 25.7. The van der Waals surface area contributed by atoms with Crippen molar-refractivity contribution in [3.8, 4) is 0 Å². The van der Waals surface area contributed by atoms with Crippen LogP contribution in [-0.2, 0) is 11.3 Å². The first-order chi connectivity index (χ1) is 16.3. The Morgan fingerprint density at radius 2 is 1.65 bits per heavy atom. The quantitative estimate of drug-likeness (QED) is 0.361. The van der Waals surface area contributed by atoms with Crippen molar-refractivity contribution in [2.75, 3.05) is 19.7 Å². The van der Waals surface area contributed by atoms with Crippen molar-refractivity contribution in [1.29, 1.82) is 0 Å². The van der Waals surface area contributed by atoms with E-state index in [9.17, 15) is 14.4 Å². The lowest BCUT2D eigenvalue weighted by Crippen LogP contribution is -2.40. The summed E-state index contributed by atoms with van der Waals surface area (Å²) in [6, 6.07) is 7.52. The molecule has 6 nitrogen and oxygen atoms in total. The van der Waals surface area contributed by atoms with Gasteiger partial charge in [-0.2, -0.15) is 0 Å². The third kappa shape index (κ3) is 5.60. The molecule has 0 radical (unpaired) electrons. The number of rotatable bonds is 9. The van der Waals surface area contributed by atoms with Crippen LogP contribution in [-0.4, -0.2) is 46.8 Å². The van der Waals surface area contributed by atoms with Crippen molar-refractivity contribution in [1.82, 2.24) is 9.47 Å². The van der Waals surface area contributed by atoms with Crippen LogP contribution in [0.15, 0.2) is 24.3 Å². The van der Waals surface area contributed by atoms with Crippen LogP contribution in [0.25, 0.3) is 0 Å². The molecule has 1 amide bonds. The Morgan fingerprint density at radius 3 is 2.24 bits per heavy atom. The van der Waals surface area contributed by atoms with E-state index >= 15 is 0 Å². The summed E-state index contributed by atoms with van der Waals surface area (Å²) < 4.78 is 7.09. The average Bonchev–Trinajstić information content (AvgIpc) is 3.08. The third-order valence-corrected chi connectivity index (χ3v) is 6.95. The van der Waals surface area contributed by atoms with E-state index in [0.717, 1.165) is 24.1 Å². The van der Waals surface area contributed by atoms with E-state index < -0.39 is 5.97 Å². The van der Waals surface area contributed by atoms with Gasteiger partial charge < -0.3 is 14.2 Å². The fourth-order valence-corrected chi connectivity index (χ4v) is 5.20. The Labute approximate surface area is 203 Å². The standard InChI is InChI=1S/C28H38N2O4/c1-6-30-21(5)25(20(4)26(30)28(33)34-7-2)24(31)18-29(17-22-11-9-8-10-12-22)27(32)23-15-13-19(3)14-16-23/h13-16,22H,6-12,17-18H2,1-5H3. The number of nitrogens with zero attached hydrogens (tertiary/aromatic N) is 2. The van der Waals surface area contributed by atoms with Crippen LogP contribution >= 0.6 is 0 Å². The number of benzene rings is 1. The van der Waals surface area contributed by atoms with Crippen LogP contribution in [0, 0.1) is 26.7 Å². The summed E-state index contributed by atoms with van der Waals surface area (Å²) in [5.41, 5.74) is 4.01. The van der Waals surface area contributed by atoms with Crippen LogP contribution in [0.4, 0.5) is 0 Å². The Hall–Kier alpha value is -2.89. The Kier molecular flexibility index (Phi) is 8.70. The lowest BCUT2D eigenvalue weighted by Gasteiger charge is -2.29. The highest BCUT2D eigenvalue weighted by molar-refractivity contribution is 6.06. The number of aromatic nitrogens is 1. The fourth-order valence-electron chi connectivity index (χ4n) is 5.20. The minimum Gasteiger partial charge on any atom is -0.461 e. The van der Waals surface area contributed by atoms with Crippen LogP contribution in [0.5, 0.6) is 0 Å². The van der Waals surface area contributed by atoms with Gasteiger partial charge in [-0.05, 0) is 71.1 Å². The Balaban J connectivity index is 1.92. The van der Waals surface area contributed by atoms with Crippen LogP contribution < -0.4 is 0 Å². The number of aryl methyl sites for hydroxylation is 1. The zero-order valence-electron chi connectivity index (χ0n) is 21.3. The molecule has 1 fully saturated rings. The minimum absolute atomic E-state index is 0.000876. The second-order valence-electron chi connectivity index (χ2n) is 9.38. The maximum absolute atomic E-state index is 13.6. The van der Waals surface area contributed by atoms with E-state index in [4.69, 9.17) is 4.74 Å². The van der Waals surface area contributed by atoms with Crippen molar-refractivity contribution >= 4 is 17.7 Å². The molecular weight excluding hydrogens is 428 g/mol. The normalized spacial score (nSPS) is 14.1. The SMILES string of the molecule is CCOC(=O)c1c(C)c(C(=O)CN(CC2CCCCC2)C(=O)c2ccc(C)cc2)c(C)n1CC. The van der Waals surface area contributed by atoms with Crippen LogP contribution in [0.1, 0.15) is 94.0 Å². The highest BCUT2D eigenvalue weighted by Crippen LogP contribution is 2.27. The first-order valence-electron chi connectivity index (χ1n) is 12.5. The Morgan fingerprint density at radius 1 is 1.00 bits per heavy atom. The third-order valence-electron chi connectivity index (χ3n) is 6.95. The molecule has 0 atom stereocenters. The summed E-state index contributed by atoms with van der Waals surface area (Å²) in [4.78, 5) is 41.5. The fraction of sp³-hybridized carbons (Fsp3) is 0.536. The topological polar surface area (TPSA) is 68.6 Å². The van der Waals surface area contributed by atoms with Gasteiger partial charge in [0.15, 0.2) is 5.78 Å². The number of amides is 1. The van der Waals surface area contributed by atoms with Gasteiger partial charge in [-0.15, -0.1) is 0 Å². The summed E-state index contributed by atoms with van der Waals surface area (Å²) in [6.45, 7) is 10.8. The molecule has 3 rings (SSSR count). The number of carbonyl (C=O) groups is 3. The predicted molar refractivity (Wildman–Crippen MR) is 134 cm³/mol. The molecule has 1 aromatic carbocycles. The maximum atomic E-state index is 13.6. The molecule has 1 heterocycles. The highest BCUT2D eigenvalue weighted by atomic mass is 16.5. The molecule has 0 N–H and O–H groups in total. The van der Waals surface area contributed by atoms with Gasteiger partial charge in [0.25, 0.3) is 5.91 Å². The summed E-state index contributed by atoms with van der Waals surface area (Å²) >= 11 is 0. The average molecular weight is 467 g/mol. The summed E-state index contributed by atoms with van der Waals surface area (Å²) in [5, 5.41) is 0. The second kappa shape index (κ2) is 11.5. The van der Waals surface area contributed by atoms with Crippen LogP contribution in [0.3, 0.4) is 0 Å².